The molecule has 1 unspecified atom stereocenters. The normalized spacial score (nSPS) is 19.7. The summed E-state index contributed by atoms with van der Waals surface area (Å²) in [7, 11) is 0. The van der Waals surface area contributed by atoms with Crippen molar-refractivity contribution >= 4 is 23.6 Å². The first-order valence-corrected chi connectivity index (χ1v) is 7.77. The van der Waals surface area contributed by atoms with Gasteiger partial charge in [-0.3, -0.25) is 4.79 Å². The molecular weight excluding hydrogens is 274 g/mol. The second-order valence-corrected chi connectivity index (χ2v) is 6.57. The van der Waals surface area contributed by atoms with Crippen LogP contribution in [0.5, 0.6) is 0 Å². The van der Waals surface area contributed by atoms with Crippen molar-refractivity contribution in [3.8, 4) is 0 Å². The van der Waals surface area contributed by atoms with E-state index in [4.69, 9.17) is 0 Å². The average molecular weight is 293 g/mol. The highest BCUT2D eigenvalue weighted by molar-refractivity contribution is 7.99. The first kappa shape index (κ1) is 14.9. The zero-order chi connectivity index (χ0) is 14.8. The molecule has 1 aliphatic rings. The van der Waals surface area contributed by atoms with Crippen LogP contribution in [0.25, 0.3) is 0 Å². The third-order valence-corrected chi connectivity index (χ3v) is 4.73. The van der Waals surface area contributed by atoms with Gasteiger partial charge in [0.2, 0.25) is 5.91 Å². The lowest BCUT2D eigenvalue weighted by molar-refractivity contribution is -0.151. The Kier molecular flexibility index (Phi) is 4.38. The van der Waals surface area contributed by atoms with Gasteiger partial charge in [0.15, 0.2) is 0 Å². The Morgan fingerprint density at radius 3 is 2.55 bits per heavy atom. The molecule has 0 bridgehead atoms. The van der Waals surface area contributed by atoms with Crippen LogP contribution in [0.2, 0.25) is 0 Å². The number of carboxylic acids is 1. The molecule has 0 aliphatic carbocycles. The van der Waals surface area contributed by atoms with Crippen LogP contribution in [0, 0.1) is 0 Å². The summed E-state index contributed by atoms with van der Waals surface area (Å²) in [5.41, 5.74) is 0.198. The van der Waals surface area contributed by atoms with Gasteiger partial charge >= 0.3 is 5.97 Å². The summed E-state index contributed by atoms with van der Waals surface area (Å²) >= 11 is 1.58. The van der Waals surface area contributed by atoms with Gasteiger partial charge < -0.3 is 10.0 Å². The zero-order valence-electron chi connectivity index (χ0n) is 11.7. The lowest BCUT2D eigenvalue weighted by Gasteiger charge is -2.38. The van der Waals surface area contributed by atoms with Crippen molar-refractivity contribution in [2.24, 2.45) is 0 Å². The zero-order valence-corrected chi connectivity index (χ0v) is 12.5. The molecule has 1 heterocycles. The van der Waals surface area contributed by atoms with Gasteiger partial charge in [0.05, 0.1) is 5.41 Å². The molecule has 20 heavy (non-hydrogen) atoms. The molecule has 1 aromatic rings. The minimum absolute atomic E-state index is 0.114. The standard InChI is InChI=1S/C15H19NO3S/c1-15(2,11-6-4-3-5-7-11)14(19)16-8-9-20-10-12(16)13(17)18/h3-7,12H,8-10H2,1-2H3,(H,17,18). The van der Waals surface area contributed by atoms with E-state index >= 15 is 0 Å². The maximum Gasteiger partial charge on any atom is 0.327 e. The van der Waals surface area contributed by atoms with Gasteiger partial charge in [0.1, 0.15) is 6.04 Å². The smallest absolute Gasteiger partial charge is 0.327 e. The number of aliphatic carboxylic acids is 1. The fourth-order valence-corrected chi connectivity index (χ4v) is 3.43. The fourth-order valence-electron chi connectivity index (χ4n) is 2.39. The number of carbonyl (C=O) groups excluding carboxylic acids is 1. The molecule has 0 radical (unpaired) electrons. The average Bonchev–Trinajstić information content (AvgIpc) is 2.47. The summed E-state index contributed by atoms with van der Waals surface area (Å²) in [5.74, 6) is 0.220. The lowest BCUT2D eigenvalue weighted by atomic mass is 9.83. The van der Waals surface area contributed by atoms with Crippen molar-refractivity contribution in [1.82, 2.24) is 4.90 Å². The van der Waals surface area contributed by atoms with Crippen molar-refractivity contribution in [3.05, 3.63) is 35.9 Å². The summed E-state index contributed by atoms with van der Waals surface area (Å²) in [4.78, 5) is 25.6. The third-order valence-electron chi connectivity index (χ3n) is 3.70. The maximum atomic E-state index is 12.8. The summed E-state index contributed by atoms with van der Waals surface area (Å²) in [6.45, 7) is 4.20. The number of hydrogen-bond donors (Lipinski definition) is 1. The van der Waals surface area contributed by atoms with Crippen LogP contribution in [0.4, 0.5) is 0 Å². The van der Waals surface area contributed by atoms with E-state index in [1.165, 1.54) is 4.90 Å². The van der Waals surface area contributed by atoms with Gasteiger partial charge in [0, 0.05) is 18.1 Å². The molecule has 108 valence electrons. The Morgan fingerprint density at radius 1 is 1.30 bits per heavy atom. The van der Waals surface area contributed by atoms with Crippen LogP contribution >= 0.6 is 11.8 Å². The molecule has 0 spiro atoms. The van der Waals surface area contributed by atoms with Crippen molar-refractivity contribution in [1.29, 1.82) is 0 Å². The topological polar surface area (TPSA) is 57.6 Å². The fraction of sp³-hybridized carbons (Fsp3) is 0.467. The number of nitrogens with zero attached hydrogens (tertiary/aromatic N) is 1. The largest absolute Gasteiger partial charge is 0.480 e. The van der Waals surface area contributed by atoms with E-state index in [2.05, 4.69) is 0 Å². The summed E-state index contributed by atoms with van der Waals surface area (Å²) in [5, 5.41) is 9.29. The Hall–Kier alpha value is -1.49. The lowest BCUT2D eigenvalue weighted by Crippen LogP contribution is -2.55. The summed E-state index contributed by atoms with van der Waals surface area (Å²) in [6.07, 6.45) is 0. The predicted octanol–water partition coefficient (Wildman–Crippen LogP) is 1.99. The molecule has 0 saturated carbocycles. The first-order chi connectivity index (χ1) is 9.44. The highest BCUT2D eigenvalue weighted by atomic mass is 32.2. The van der Waals surface area contributed by atoms with Gasteiger partial charge in [-0.1, -0.05) is 30.3 Å². The van der Waals surface area contributed by atoms with E-state index in [0.717, 1.165) is 11.3 Å². The van der Waals surface area contributed by atoms with Crippen LogP contribution in [-0.2, 0) is 15.0 Å². The summed E-state index contributed by atoms with van der Waals surface area (Å²) in [6, 6.07) is 8.79. The predicted molar refractivity (Wildman–Crippen MR) is 79.9 cm³/mol. The van der Waals surface area contributed by atoms with E-state index in [9.17, 15) is 14.7 Å². The Labute approximate surface area is 123 Å². The van der Waals surface area contributed by atoms with E-state index in [0.29, 0.717) is 12.3 Å². The monoisotopic (exact) mass is 293 g/mol. The molecule has 5 heteroatoms. The molecule has 1 N–H and O–H groups in total. The van der Waals surface area contributed by atoms with E-state index in [1.807, 2.05) is 44.2 Å². The van der Waals surface area contributed by atoms with Crippen molar-refractivity contribution < 1.29 is 14.7 Å². The Balaban J connectivity index is 2.27. The van der Waals surface area contributed by atoms with Crippen LogP contribution in [-0.4, -0.2) is 46.0 Å². The molecular formula is C15H19NO3S. The molecule has 1 atom stereocenters. The number of carboxylic acid groups (broad SMARTS) is 1. The molecule has 1 aliphatic heterocycles. The van der Waals surface area contributed by atoms with E-state index < -0.39 is 17.4 Å². The first-order valence-electron chi connectivity index (χ1n) is 6.61. The number of thioether (sulfide) groups is 1. The molecule has 4 nitrogen and oxygen atoms in total. The highest BCUT2D eigenvalue weighted by Crippen LogP contribution is 2.28. The number of benzene rings is 1. The van der Waals surface area contributed by atoms with Crippen molar-refractivity contribution in [2.45, 2.75) is 25.3 Å². The number of amides is 1. The Morgan fingerprint density at radius 2 is 1.95 bits per heavy atom. The minimum atomic E-state index is -0.922. The summed E-state index contributed by atoms with van der Waals surface area (Å²) < 4.78 is 0. The number of hydrogen-bond acceptors (Lipinski definition) is 3. The Bertz CT molecular complexity index is 501. The molecule has 2 rings (SSSR count). The maximum absolute atomic E-state index is 12.8. The second-order valence-electron chi connectivity index (χ2n) is 5.42. The van der Waals surface area contributed by atoms with Crippen LogP contribution < -0.4 is 0 Å². The van der Waals surface area contributed by atoms with Crippen molar-refractivity contribution in [2.75, 3.05) is 18.1 Å². The second kappa shape index (κ2) is 5.87. The van der Waals surface area contributed by atoms with E-state index in [-0.39, 0.29) is 5.91 Å². The number of rotatable bonds is 3. The molecule has 1 fully saturated rings. The minimum Gasteiger partial charge on any atom is -0.480 e. The molecule has 1 aromatic carbocycles. The quantitative estimate of drug-likeness (QED) is 0.926. The van der Waals surface area contributed by atoms with Crippen LogP contribution in [0.15, 0.2) is 30.3 Å². The van der Waals surface area contributed by atoms with Gasteiger partial charge in [-0.2, -0.15) is 11.8 Å². The van der Waals surface area contributed by atoms with Gasteiger partial charge in [-0.05, 0) is 19.4 Å². The molecule has 0 aromatic heterocycles. The van der Waals surface area contributed by atoms with Crippen molar-refractivity contribution in [3.63, 3.8) is 0 Å². The SMILES string of the molecule is CC(C)(C(=O)N1CCSCC1C(=O)O)c1ccccc1. The van der Waals surface area contributed by atoms with Gasteiger partial charge in [-0.15, -0.1) is 0 Å². The molecule has 1 amide bonds. The third kappa shape index (κ3) is 2.82. The number of carbonyl (C=O) groups is 2. The van der Waals surface area contributed by atoms with Crippen LogP contribution in [0.3, 0.4) is 0 Å². The highest BCUT2D eigenvalue weighted by Gasteiger charge is 2.40. The van der Waals surface area contributed by atoms with Gasteiger partial charge in [-0.25, -0.2) is 4.79 Å². The van der Waals surface area contributed by atoms with E-state index in [1.54, 1.807) is 11.8 Å². The molecule has 1 saturated heterocycles. The van der Waals surface area contributed by atoms with Gasteiger partial charge in [0.25, 0.3) is 0 Å². The van der Waals surface area contributed by atoms with Crippen LogP contribution in [0.1, 0.15) is 19.4 Å².